The van der Waals surface area contributed by atoms with Gasteiger partial charge in [0.15, 0.2) is 0 Å². The van der Waals surface area contributed by atoms with Crippen LogP contribution in [0, 0.1) is 0 Å². The number of anilines is 2. The Morgan fingerprint density at radius 2 is 1.72 bits per heavy atom. The molecule has 2 aromatic carbocycles. The molecule has 0 fully saturated rings. The van der Waals surface area contributed by atoms with Crippen LogP contribution in [0.4, 0.5) is 11.4 Å². The first-order valence-electron chi connectivity index (χ1n) is 7.92. The van der Waals surface area contributed by atoms with Gasteiger partial charge in [-0.05, 0) is 42.5 Å². The summed E-state index contributed by atoms with van der Waals surface area (Å²) in [5.41, 5.74) is 1.65. The minimum atomic E-state index is -0.237. The first kappa shape index (κ1) is 18.9. The number of benzene rings is 2. The topological polar surface area (TPSA) is 67.4 Å². The molecule has 0 saturated carbocycles. The maximum atomic E-state index is 12.5. The second-order valence-electron chi connectivity index (χ2n) is 5.74. The lowest BCUT2D eigenvalue weighted by Gasteiger charge is -2.13. The fourth-order valence-electron chi connectivity index (χ4n) is 2.24. The van der Waals surface area contributed by atoms with Crippen molar-refractivity contribution >= 4 is 35.0 Å². The molecular weight excluding hydrogens is 336 g/mol. The van der Waals surface area contributed by atoms with Crippen LogP contribution in [-0.4, -0.2) is 24.2 Å². The summed E-state index contributed by atoms with van der Waals surface area (Å²) in [6.45, 7) is 5.68. The lowest BCUT2D eigenvalue weighted by Crippen LogP contribution is -2.13. The molecule has 0 spiro atoms. The Bertz CT molecular complexity index is 758. The molecule has 0 radical (unpaired) electrons. The quantitative estimate of drug-likeness (QED) is 0.751. The van der Waals surface area contributed by atoms with Crippen LogP contribution >= 0.6 is 11.8 Å². The van der Waals surface area contributed by atoms with Crippen LogP contribution < -0.4 is 15.4 Å². The second-order valence-corrected chi connectivity index (χ2v) is 7.39. The third-order valence-corrected chi connectivity index (χ3v) is 4.27. The largest absolute Gasteiger partial charge is 0.495 e. The number of amides is 2. The molecule has 2 aromatic rings. The van der Waals surface area contributed by atoms with Crippen LogP contribution in [0.15, 0.2) is 47.4 Å². The van der Waals surface area contributed by atoms with Crippen molar-refractivity contribution in [1.82, 2.24) is 0 Å². The zero-order valence-electron chi connectivity index (χ0n) is 14.8. The maximum Gasteiger partial charge on any atom is 0.255 e. The van der Waals surface area contributed by atoms with Gasteiger partial charge in [-0.1, -0.05) is 13.8 Å². The van der Waals surface area contributed by atoms with Crippen LogP contribution in [0.1, 0.15) is 31.1 Å². The zero-order valence-corrected chi connectivity index (χ0v) is 15.6. The average molecular weight is 358 g/mol. The molecule has 0 aromatic heterocycles. The van der Waals surface area contributed by atoms with Gasteiger partial charge in [-0.3, -0.25) is 9.59 Å². The molecule has 0 saturated heterocycles. The molecule has 5 nitrogen and oxygen atoms in total. The van der Waals surface area contributed by atoms with Gasteiger partial charge in [0.05, 0.1) is 12.8 Å². The predicted molar refractivity (Wildman–Crippen MR) is 103 cm³/mol. The average Bonchev–Trinajstić information content (AvgIpc) is 2.54. The van der Waals surface area contributed by atoms with Gasteiger partial charge in [-0.15, -0.1) is 11.8 Å². The number of rotatable bonds is 6. The van der Waals surface area contributed by atoms with Gasteiger partial charge in [0, 0.05) is 28.3 Å². The highest BCUT2D eigenvalue weighted by molar-refractivity contribution is 7.99. The van der Waals surface area contributed by atoms with E-state index in [0.29, 0.717) is 27.9 Å². The monoisotopic (exact) mass is 358 g/mol. The molecular formula is C19H22N2O3S. The van der Waals surface area contributed by atoms with E-state index in [2.05, 4.69) is 24.5 Å². The number of nitrogens with one attached hydrogen (secondary N) is 2. The summed E-state index contributed by atoms with van der Waals surface area (Å²) in [5, 5.41) is 6.00. The number of hydrogen-bond donors (Lipinski definition) is 2. The lowest BCUT2D eigenvalue weighted by molar-refractivity contribution is -0.114. The Kier molecular flexibility index (Phi) is 6.47. The highest BCUT2D eigenvalue weighted by atomic mass is 32.2. The first-order chi connectivity index (χ1) is 11.9. The second kappa shape index (κ2) is 8.58. The van der Waals surface area contributed by atoms with E-state index in [4.69, 9.17) is 4.74 Å². The van der Waals surface area contributed by atoms with Crippen LogP contribution in [0.2, 0.25) is 0 Å². The third-order valence-electron chi connectivity index (χ3n) is 3.26. The maximum absolute atomic E-state index is 12.5. The molecule has 25 heavy (non-hydrogen) atoms. The van der Waals surface area contributed by atoms with Gasteiger partial charge in [0.1, 0.15) is 5.75 Å². The molecule has 0 atom stereocenters. The molecule has 0 heterocycles. The summed E-state index contributed by atoms with van der Waals surface area (Å²) >= 11 is 1.74. The van der Waals surface area contributed by atoms with Crippen molar-refractivity contribution in [3.05, 3.63) is 48.0 Å². The summed E-state index contributed by atoms with van der Waals surface area (Å²) in [7, 11) is 1.53. The number of ether oxygens (including phenoxy) is 1. The van der Waals surface area contributed by atoms with Crippen molar-refractivity contribution in [2.24, 2.45) is 0 Å². The predicted octanol–water partition coefficient (Wildman–Crippen LogP) is 4.41. The Morgan fingerprint density at radius 3 is 2.28 bits per heavy atom. The molecule has 0 bridgehead atoms. The summed E-state index contributed by atoms with van der Waals surface area (Å²) in [4.78, 5) is 24.8. The van der Waals surface area contributed by atoms with Crippen molar-refractivity contribution in [2.45, 2.75) is 30.9 Å². The first-order valence-corrected chi connectivity index (χ1v) is 8.80. The van der Waals surface area contributed by atoms with Crippen molar-refractivity contribution in [1.29, 1.82) is 0 Å². The minimum absolute atomic E-state index is 0.180. The standard InChI is InChI=1S/C19H22N2O3S/c1-12(2)25-16-8-5-14(6-9-16)19(23)21-17-11-15(20-13(3)22)7-10-18(17)24-4/h5-12H,1-4H3,(H,20,22)(H,21,23). The molecule has 0 aliphatic carbocycles. The third kappa shape index (κ3) is 5.53. The van der Waals surface area contributed by atoms with Crippen LogP contribution in [-0.2, 0) is 4.79 Å². The molecule has 132 valence electrons. The van der Waals surface area contributed by atoms with Gasteiger partial charge in [-0.2, -0.15) is 0 Å². The molecule has 6 heteroatoms. The van der Waals surface area contributed by atoms with Crippen molar-refractivity contribution in [3.63, 3.8) is 0 Å². The van der Waals surface area contributed by atoms with Gasteiger partial charge >= 0.3 is 0 Å². The fourth-order valence-corrected chi connectivity index (χ4v) is 3.08. The van der Waals surface area contributed by atoms with Crippen molar-refractivity contribution in [2.75, 3.05) is 17.7 Å². The van der Waals surface area contributed by atoms with Crippen molar-refractivity contribution < 1.29 is 14.3 Å². The number of methoxy groups -OCH3 is 1. The molecule has 2 amide bonds. The number of carbonyl (C=O) groups is 2. The summed E-state index contributed by atoms with van der Waals surface area (Å²) < 4.78 is 5.27. The lowest BCUT2D eigenvalue weighted by atomic mass is 10.2. The number of thioether (sulfide) groups is 1. The van der Waals surface area contributed by atoms with Crippen molar-refractivity contribution in [3.8, 4) is 5.75 Å². The minimum Gasteiger partial charge on any atom is -0.495 e. The van der Waals surface area contributed by atoms with Gasteiger partial charge in [0.2, 0.25) is 5.91 Å². The van der Waals surface area contributed by atoms with E-state index in [1.807, 2.05) is 12.1 Å². The highest BCUT2D eigenvalue weighted by Gasteiger charge is 2.11. The van der Waals surface area contributed by atoms with Crippen LogP contribution in [0.5, 0.6) is 5.75 Å². The van der Waals surface area contributed by atoms with E-state index in [1.165, 1.54) is 14.0 Å². The van der Waals surface area contributed by atoms with Gasteiger partial charge in [-0.25, -0.2) is 0 Å². The van der Waals surface area contributed by atoms with Gasteiger partial charge < -0.3 is 15.4 Å². The van der Waals surface area contributed by atoms with E-state index in [-0.39, 0.29) is 11.8 Å². The van der Waals surface area contributed by atoms with Gasteiger partial charge in [0.25, 0.3) is 5.91 Å². The van der Waals surface area contributed by atoms with E-state index >= 15 is 0 Å². The molecule has 2 N–H and O–H groups in total. The van der Waals surface area contributed by atoms with Crippen LogP contribution in [0.3, 0.4) is 0 Å². The Morgan fingerprint density at radius 1 is 1.04 bits per heavy atom. The van der Waals surface area contributed by atoms with E-state index in [9.17, 15) is 9.59 Å². The SMILES string of the molecule is COc1ccc(NC(C)=O)cc1NC(=O)c1ccc(SC(C)C)cc1. The normalized spacial score (nSPS) is 10.4. The summed E-state index contributed by atoms with van der Waals surface area (Å²) in [6, 6.07) is 12.5. The summed E-state index contributed by atoms with van der Waals surface area (Å²) in [6.07, 6.45) is 0. The number of hydrogen-bond acceptors (Lipinski definition) is 4. The van der Waals surface area contributed by atoms with E-state index in [1.54, 1.807) is 42.1 Å². The zero-order chi connectivity index (χ0) is 18.4. The molecule has 0 aliphatic heterocycles. The molecule has 0 unspecified atom stereocenters. The Labute approximate surface area is 152 Å². The fraction of sp³-hybridized carbons (Fsp3) is 0.263. The highest BCUT2D eigenvalue weighted by Crippen LogP contribution is 2.29. The Balaban J connectivity index is 2.17. The van der Waals surface area contributed by atoms with E-state index in [0.717, 1.165) is 4.90 Å². The van der Waals surface area contributed by atoms with E-state index < -0.39 is 0 Å². The molecule has 0 aliphatic rings. The summed E-state index contributed by atoms with van der Waals surface area (Å²) in [5.74, 6) is 0.106. The Hall–Kier alpha value is -2.47. The molecule has 2 rings (SSSR count). The van der Waals surface area contributed by atoms with Crippen LogP contribution in [0.25, 0.3) is 0 Å². The smallest absolute Gasteiger partial charge is 0.255 e. The number of carbonyl (C=O) groups excluding carboxylic acids is 2.